The first-order valence-corrected chi connectivity index (χ1v) is 7.06. The van der Waals surface area contributed by atoms with Crippen molar-refractivity contribution in [1.82, 2.24) is 4.31 Å². The van der Waals surface area contributed by atoms with E-state index in [1.165, 1.54) is 4.31 Å². The van der Waals surface area contributed by atoms with Crippen LogP contribution in [0.2, 0.25) is 0 Å². The number of benzene rings is 1. The van der Waals surface area contributed by atoms with E-state index in [1.54, 1.807) is 0 Å². The molecule has 1 aliphatic heterocycles. The normalized spacial score (nSPS) is 19.1. The summed E-state index contributed by atoms with van der Waals surface area (Å²) in [7, 11) is -3.90. The SMILES string of the molecule is NC1CCN(S(=O)(=O)c2ccc(F)cc2F)CC1. The third-order valence-electron chi connectivity index (χ3n) is 3.01. The number of sulfonamides is 1. The number of nitrogens with zero attached hydrogens (tertiary/aromatic N) is 1. The van der Waals surface area contributed by atoms with Gasteiger partial charge >= 0.3 is 0 Å². The van der Waals surface area contributed by atoms with Crippen LogP contribution in [0, 0.1) is 11.6 Å². The van der Waals surface area contributed by atoms with Crippen molar-refractivity contribution in [2.45, 2.75) is 23.8 Å². The Morgan fingerprint density at radius 1 is 1.22 bits per heavy atom. The quantitative estimate of drug-likeness (QED) is 0.879. The van der Waals surface area contributed by atoms with Gasteiger partial charge in [0.25, 0.3) is 0 Å². The first-order chi connectivity index (χ1) is 8.41. The van der Waals surface area contributed by atoms with E-state index in [9.17, 15) is 17.2 Å². The van der Waals surface area contributed by atoms with Gasteiger partial charge in [-0.25, -0.2) is 17.2 Å². The standard InChI is InChI=1S/C11H14F2N2O2S/c12-8-1-2-11(10(13)7-8)18(16,17)15-5-3-9(14)4-6-15/h1-2,7,9H,3-6,14H2. The third kappa shape index (κ3) is 2.52. The van der Waals surface area contributed by atoms with Gasteiger partial charge < -0.3 is 5.73 Å². The molecule has 1 aromatic rings. The van der Waals surface area contributed by atoms with Crippen LogP contribution < -0.4 is 5.73 Å². The average Bonchev–Trinajstić information content (AvgIpc) is 2.29. The molecule has 100 valence electrons. The minimum atomic E-state index is -3.90. The van der Waals surface area contributed by atoms with Gasteiger partial charge in [0.05, 0.1) is 0 Å². The highest BCUT2D eigenvalue weighted by Crippen LogP contribution is 2.22. The zero-order valence-corrected chi connectivity index (χ0v) is 10.5. The molecule has 7 heteroatoms. The predicted octanol–water partition coefficient (Wildman–Crippen LogP) is 1.08. The highest BCUT2D eigenvalue weighted by atomic mass is 32.2. The summed E-state index contributed by atoms with van der Waals surface area (Å²) in [6.07, 6.45) is 1.09. The van der Waals surface area contributed by atoms with Gasteiger partial charge in [0.2, 0.25) is 10.0 Å². The second-order valence-corrected chi connectivity index (χ2v) is 6.22. The lowest BCUT2D eigenvalue weighted by Gasteiger charge is -2.29. The van der Waals surface area contributed by atoms with Crippen molar-refractivity contribution in [2.75, 3.05) is 13.1 Å². The van der Waals surface area contributed by atoms with Gasteiger partial charge in [0.1, 0.15) is 16.5 Å². The lowest BCUT2D eigenvalue weighted by Crippen LogP contribution is -2.43. The van der Waals surface area contributed by atoms with Gasteiger partial charge in [-0.15, -0.1) is 0 Å². The minimum Gasteiger partial charge on any atom is -0.328 e. The Morgan fingerprint density at radius 3 is 2.39 bits per heavy atom. The maximum atomic E-state index is 13.5. The molecule has 18 heavy (non-hydrogen) atoms. The Balaban J connectivity index is 2.30. The number of hydrogen-bond donors (Lipinski definition) is 1. The smallest absolute Gasteiger partial charge is 0.245 e. The molecule has 1 aromatic carbocycles. The van der Waals surface area contributed by atoms with E-state index in [0.717, 1.165) is 12.1 Å². The number of nitrogens with two attached hydrogens (primary N) is 1. The largest absolute Gasteiger partial charge is 0.328 e. The van der Waals surface area contributed by atoms with Gasteiger partial charge in [0.15, 0.2) is 0 Å². The lowest BCUT2D eigenvalue weighted by molar-refractivity contribution is 0.319. The van der Waals surface area contributed by atoms with E-state index in [0.29, 0.717) is 18.9 Å². The van der Waals surface area contributed by atoms with Crippen molar-refractivity contribution < 1.29 is 17.2 Å². The molecule has 4 nitrogen and oxygen atoms in total. The van der Waals surface area contributed by atoms with Crippen LogP contribution in [0.4, 0.5) is 8.78 Å². The number of hydrogen-bond acceptors (Lipinski definition) is 3. The molecule has 1 heterocycles. The minimum absolute atomic E-state index is 0.0190. The maximum absolute atomic E-state index is 13.5. The molecule has 0 saturated carbocycles. The van der Waals surface area contributed by atoms with Crippen molar-refractivity contribution in [2.24, 2.45) is 5.73 Å². The summed E-state index contributed by atoms with van der Waals surface area (Å²) in [4.78, 5) is -0.487. The second-order valence-electron chi connectivity index (χ2n) is 4.32. The van der Waals surface area contributed by atoms with Gasteiger partial charge in [-0.05, 0) is 25.0 Å². The Hall–Kier alpha value is -1.05. The summed E-state index contributed by atoms with van der Waals surface area (Å²) < 4.78 is 51.8. The van der Waals surface area contributed by atoms with Crippen LogP contribution in [0.3, 0.4) is 0 Å². The zero-order chi connectivity index (χ0) is 13.3. The van der Waals surface area contributed by atoms with Crippen molar-refractivity contribution in [3.8, 4) is 0 Å². The molecule has 1 saturated heterocycles. The Morgan fingerprint density at radius 2 is 1.83 bits per heavy atom. The molecule has 0 radical (unpaired) electrons. The Bertz CT molecular complexity index is 540. The van der Waals surface area contributed by atoms with Crippen LogP contribution in [0.1, 0.15) is 12.8 Å². The topological polar surface area (TPSA) is 63.4 Å². The molecular formula is C11H14F2N2O2S. The molecule has 0 unspecified atom stereocenters. The summed E-state index contributed by atoms with van der Waals surface area (Å²) in [6, 6.07) is 2.44. The molecule has 0 atom stereocenters. The van der Waals surface area contributed by atoms with E-state index in [4.69, 9.17) is 5.73 Å². The molecule has 0 aromatic heterocycles. The van der Waals surface area contributed by atoms with Crippen LogP contribution >= 0.6 is 0 Å². The highest BCUT2D eigenvalue weighted by Gasteiger charge is 2.30. The van der Waals surface area contributed by atoms with E-state index in [1.807, 2.05) is 0 Å². The molecule has 0 aliphatic carbocycles. The number of piperidine rings is 1. The van der Waals surface area contributed by atoms with Gasteiger partial charge in [0, 0.05) is 25.2 Å². The van der Waals surface area contributed by atoms with E-state index in [2.05, 4.69) is 0 Å². The molecule has 0 amide bonds. The van der Waals surface area contributed by atoms with Crippen LogP contribution in [0.5, 0.6) is 0 Å². The van der Waals surface area contributed by atoms with Crippen molar-refractivity contribution >= 4 is 10.0 Å². The number of rotatable bonds is 2. The fraction of sp³-hybridized carbons (Fsp3) is 0.455. The highest BCUT2D eigenvalue weighted by molar-refractivity contribution is 7.89. The fourth-order valence-corrected chi connectivity index (χ4v) is 3.45. The van der Waals surface area contributed by atoms with Gasteiger partial charge in [-0.3, -0.25) is 0 Å². The Kier molecular flexibility index (Phi) is 3.65. The summed E-state index contributed by atoms with van der Waals surface area (Å²) >= 11 is 0. The van der Waals surface area contributed by atoms with E-state index in [-0.39, 0.29) is 19.1 Å². The van der Waals surface area contributed by atoms with E-state index >= 15 is 0 Å². The summed E-state index contributed by atoms with van der Waals surface area (Å²) in [6.45, 7) is 0.528. The molecule has 0 spiro atoms. The first-order valence-electron chi connectivity index (χ1n) is 5.62. The predicted molar refractivity (Wildman–Crippen MR) is 62.3 cm³/mol. The van der Waals surface area contributed by atoms with Crippen LogP contribution in [-0.4, -0.2) is 31.9 Å². The van der Waals surface area contributed by atoms with Crippen LogP contribution in [0.15, 0.2) is 23.1 Å². The summed E-state index contributed by atoms with van der Waals surface area (Å²) in [5, 5.41) is 0. The van der Waals surface area contributed by atoms with E-state index < -0.39 is 26.6 Å². The monoisotopic (exact) mass is 276 g/mol. The summed E-state index contributed by atoms with van der Waals surface area (Å²) in [5.74, 6) is -1.86. The molecule has 1 fully saturated rings. The molecule has 2 rings (SSSR count). The first kappa shape index (κ1) is 13.4. The second kappa shape index (κ2) is 4.91. The average molecular weight is 276 g/mol. The van der Waals surface area contributed by atoms with Gasteiger partial charge in [-0.1, -0.05) is 0 Å². The maximum Gasteiger partial charge on any atom is 0.245 e. The van der Waals surface area contributed by atoms with Crippen molar-refractivity contribution in [1.29, 1.82) is 0 Å². The molecule has 0 bridgehead atoms. The fourth-order valence-electron chi connectivity index (χ4n) is 1.94. The lowest BCUT2D eigenvalue weighted by atomic mass is 10.1. The van der Waals surface area contributed by atoms with Crippen LogP contribution in [-0.2, 0) is 10.0 Å². The molecule has 2 N–H and O–H groups in total. The zero-order valence-electron chi connectivity index (χ0n) is 9.64. The van der Waals surface area contributed by atoms with Crippen LogP contribution in [0.25, 0.3) is 0 Å². The summed E-state index contributed by atoms with van der Waals surface area (Å²) in [5.41, 5.74) is 5.68. The van der Waals surface area contributed by atoms with Crippen molar-refractivity contribution in [3.63, 3.8) is 0 Å². The third-order valence-corrected chi connectivity index (χ3v) is 4.94. The van der Waals surface area contributed by atoms with Crippen molar-refractivity contribution in [3.05, 3.63) is 29.8 Å². The van der Waals surface area contributed by atoms with Gasteiger partial charge in [-0.2, -0.15) is 4.31 Å². The Labute approximate surface area is 104 Å². The number of halogens is 2. The molecular weight excluding hydrogens is 262 g/mol. The molecule has 1 aliphatic rings.